The molecule has 0 fully saturated rings. The minimum Gasteiger partial charge on any atom is -0.307 e. The highest BCUT2D eigenvalue weighted by Crippen LogP contribution is 2.42. The average Bonchev–Trinajstić information content (AvgIpc) is 3.93. The van der Waals surface area contributed by atoms with E-state index in [1.165, 1.54) is 0 Å². The third-order valence-corrected chi connectivity index (χ3v) is 11.1. The highest BCUT2D eigenvalue weighted by atomic mass is 15.2. The summed E-state index contributed by atoms with van der Waals surface area (Å²) in [5.74, 6) is 1.82. The van der Waals surface area contributed by atoms with Crippen LogP contribution in [0.2, 0.25) is 0 Å². The summed E-state index contributed by atoms with van der Waals surface area (Å²) < 4.78 is 6.97. The molecule has 0 aliphatic heterocycles. The van der Waals surface area contributed by atoms with Crippen molar-refractivity contribution < 1.29 is 0 Å². The summed E-state index contributed by atoms with van der Waals surface area (Å²) in [6, 6.07) is 63.4. The monoisotopic (exact) mass is 729 g/mol. The Hall–Kier alpha value is -7.90. The second-order valence-corrected chi connectivity index (χ2v) is 14.3. The largest absolute Gasteiger partial charge is 0.307 e. The predicted octanol–water partition coefficient (Wildman–Crippen LogP) is 11.9. The minimum atomic E-state index is 0.568. The van der Waals surface area contributed by atoms with Gasteiger partial charge in [0.15, 0.2) is 11.6 Å². The van der Waals surface area contributed by atoms with Gasteiger partial charge in [0, 0.05) is 55.6 Å². The molecule has 266 valence electrons. The van der Waals surface area contributed by atoms with Gasteiger partial charge in [-0.15, -0.1) is 0 Å². The van der Waals surface area contributed by atoms with E-state index in [-0.39, 0.29) is 0 Å². The fourth-order valence-electron chi connectivity index (χ4n) is 8.66. The molecule has 0 saturated carbocycles. The van der Waals surface area contributed by atoms with Gasteiger partial charge in [-0.3, -0.25) is 9.55 Å². The summed E-state index contributed by atoms with van der Waals surface area (Å²) in [5, 5.41) is 5.60. The first-order chi connectivity index (χ1) is 28.3. The number of aromatic nitrogens is 7. The molecule has 57 heavy (non-hydrogen) atoms. The Kier molecular flexibility index (Phi) is 6.79. The molecule has 0 amide bonds. The van der Waals surface area contributed by atoms with Crippen molar-refractivity contribution >= 4 is 65.5 Å². The van der Waals surface area contributed by atoms with Crippen molar-refractivity contribution in [3.63, 3.8) is 0 Å². The summed E-state index contributed by atoms with van der Waals surface area (Å²) in [7, 11) is 0. The fraction of sp³-hybridized carbons (Fsp3) is 0. The number of hydrogen-bond donors (Lipinski definition) is 0. The van der Waals surface area contributed by atoms with E-state index < -0.39 is 0 Å². The Bertz CT molecular complexity index is 3450. The number of rotatable bonds is 5. The van der Waals surface area contributed by atoms with Gasteiger partial charge in [0.2, 0.25) is 5.95 Å². The molecule has 0 spiro atoms. The molecule has 0 aliphatic carbocycles. The molecule has 12 aromatic rings. The van der Waals surface area contributed by atoms with Crippen LogP contribution in [0.5, 0.6) is 0 Å². The van der Waals surface area contributed by atoms with Gasteiger partial charge in [0.25, 0.3) is 0 Å². The van der Waals surface area contributed by atoms with Gasteiger partial charge < -0.3 is 9.13 Å². The molecule has 7 aromatic carbocycles. The fourth-order valence-corrected chi connectivity index (χ4v) is 8.66. The lowest BCUT2D eigenvalue weighted by molar-refractivity contribution is 0.953. The van der Waals surface area contributed by atoms with E-state index in [1.54, 1.807) is 0 Å². The van der Waals surface area contributed by atoms with Crippen LogP contribution in [0.3, 0.4) is 0 Å². The van der Waals surface area contributed by atoms with Gasteiger partial charge >= 0.3 is 0 Å². The first-order valence-corrected chi connectivity index (χ1v) is 19.1. The van der Waals surface area contributed by atoms with Crippen molar-refractivity contribution in [1.29, 1.82) is 0 Å². The summed E-state index contributed by atoms with van der Waals surface area (Å²) >= 11 is 0. The number of benzene rings is 7. The number of para-hydroxylation sites is 4. The van der Waals surface area contributed by atoms with E-state index >= 15 is 0 Å². The van der Waals surface area contributed by atoms with Crippen molar-refractivity contribution in [2.24, 2.45) is 0 Å². The lowest BCUT2D eigenvalue weighted by atomic mass is 10.1. The van der Waals surface area contributed by atoms with Crippen LogP contribution >= 0.6 is 0 Å². The zero-order valence-corrected chi connectivity index (χ0v) is 30.5. The van der Waals surface area contributed by atoms with Crippen LogP contribution in [0.15, 0.2) is 188 Å². The number of nitrogens with zero attached hydrogens (tertiary/aromatic N) is 7. The molecule has 0 radical (unpaired) electrons. The van der Waals surface area contributed by atoms with Crippen molar-refractivity contribution in [2.75, 3.05) is 0 Å². The highest BCUT2D eigenvalue weighted by Gasteiger charge is 2.23. The third kappa shape index (κ3) is 4.72. The van der Waals surface area contributed by atoms with E-state index in [1.807, 2.05) is 60.7 Å². The standard InChI is InChI=1S/C50H31N7/c1-4-16-32(17-5-1)48-52-49(33-18-6-2-7-19-33)54-50(53-48)57-42-26-14-10-22-36(42)39-30-35(28-29-44(39)57)56-41-25-13-11-23-37(41)40-31-51-45-38-24-12-15-27-43(38)55(47(45)46(40)56)34-20-8-3-9-21-34/h1-31H. The van der Waals surface area contributed by atoms with Crippen LogP contribution in [0.4, 0.5) is 0 Å². The van der Waals surface area contributed by atoms with Gasteiger partial charge in [0.1, 0.15) is 0 Å². The zero-order chi connectivity index (χ0) is 37.5. The summed E-state index contributed by atoms with van der Waals surface area (Å²) in [5.41, 5.74) is 11.4. The number of fused-ring (bicyclic) bond motifs is 10. The van der Waals surface area contributed by atoms with Crippen LogP contribution in [0, 0.1) is 0 Å². The maximum atomic E-state index is 5.17. The van der Waals surface area contributed by atoms with Crippen molar-refractivity contribution in [3.8, 4) is 40.1 Å². The topological polar surface area (TPSA) is 66.3 Å². The van der Waals surface area contributed by atoms with E-state index in [9.17, 15) is 0 Å². The van der Waals surface area contributed by atoms with Gasteiger partial charge in [-0.05, 0) is 48.5 Å². The smallest absolute Gasteiger partial charge is 0.238 e. The van der Waals surface area contributed by atoms with Gasteiger partial charge in [0.05, 0.1) is 38.6 Å². The Morgan fingerprint density at radius 1 is 0.333 bits per heavy atom. The Labute approximate surface area is 326 Å². The SMILES string of the molecule is c1ccc(-c2nc(-c3ccccc3)nc(-n3c4ccccc4c4cc(-n5c6ccccc6c6cnc7c8ccccc8n(-c8ccccc8)c7c65)ccc43)n2)cc1. The van der Waals surface area contributed by atoms with Crippen LogP contribution < -0.4 is 0 Å². The molecule has 0 N–H and O–H groups in total. The Balaban J connectivity index is 1.16. The minimum absolute atomic E-state index is 0.568. The number of pyridine rings is 1. The molecule has 0 saturated heterocycles. The lowest BCUT2D eigenvalue weighted by Crippen LogP contribution is -2.06. The van der Waals surface area contributed by atoms with Gasteiger partial charge in [-0.2, -0.15) is 9.97 Å². The Morgan fingerprint density at radius 3 is 1.47 bits per heavy atom. The zero-order valence-electron chi connectivity index (χ0n) is 30.5. The molecule has 0 aliphatic rings. The maximum Gasteiger partial charge on any atom is 0.238 e. The van der Waals surface area contributed by atoms with Crippen molar-refractivity contribution in [3.05, 3.63) is 188 Å². The summed E-state index contributed by atoms with van der Waals surface area (Å²) in [4.78, 5) is 20.4. The van der Waals surface area contributed by atoms with E-state index in [0.29, 0.717) is 17.6 Å². The van der Waals surface area contributed by atoms with Crippen molar-refractivity contribution in [2.45, 2.75) is 0 Å². The van der Waals surface area contributed by atoms with Crippen LogP contribution in [-0.2, 0) is 0 Å². The molecule has 0 atom stereocenters. The molecule has 7 nitrogen and oxygen atoms in total. The molecular weight excluding hydrogens is 699 g/mol. The second kappa shape index (κ2) is 12.3. The lowest BCUT2D eigenvalue weighted by Gasteiger charge is -2.13. The molecular formula is C50H31N7. The third-order valence-electron chi connectivity index (χ3n) is 11.1. The number of hydrogen-bond acceptors (Lipinski definition) is 4. The predicted molar refractivity (Wildman–Crippen MR) is 232 cm³/mol. The van der Waals surface area contributed by atoms with Crippen LogP contribution in [-0.4, -0.2) is 33.6 Å². The van der Waals surface area contributed by atoms with E-state index in [4.69, 9.17) is 19.9 Å². The van der Waals surface area contributed by atoms with Crippen LogP contribution in [0.25, 0.3) is 106 Å². The van der Waals surface area contributed by atoms with Gasteiger partial charge in [-0.1, -0.05) is 133 Å². The van der Waals surface area contributed by atoms with Crippen LogP contribution in [0.1, 0.15) is 0 Å². The molecule has 5 heterocycles. The highest BCUT2D eigenvalue weighted by molar-refractivity contribution is 6.22. The normalized spacial score (nSPS) is 11.9. The Morgan fingerprint density at radius 2 is 0.825 bits per heavy atom. The summed E-state index contributed by atoms with van der Waals surface area (Å²) in [6.45, 7) is 0. The first kappa shape index (κ1) is 31.5. The van der Waals surface area contributed by atoms with E-state index in [0.717, 1.165) is 88.0 Å². The molecule has 5 aromatic heterocycles. The van der Waals surface area contributed by atoms with E-state index in [2.05, 4.69) is 141 Å². The molecule has 0 bridgehead atoms. The quantitative estimate of drug-likeness (QED) is 0.177. The molecule has 7 heteroatoms. The van der Waals surface area contributed by atoms with Gasteiger partial charge in [-0.25, -0.2) is 4.98 Å². The summed E-state index contributed by atoms with van der Waals surface area (Å²) in [6.07, 6.45) is 2.05. The first-order valence-electron chi connectivity index (χ1n) is 19.1. The van der Waals surface area contributed by atoms with Crippen molar-refractivity contribution in [1.82, 2.24) is 33.6 Å². The average molecular weight is 730 g/mol. The maximum absolute atomic E-state index is 5.17. The molecule has 12 rings (SSSR count). The second-order valence-electron chi connectivity index (χ2n) is 14.3. The molecule has 0 unspecified atom stereocenters.